The van der Waals surface area contributed by atoms with Crippen LogP contribution in [0.1, 0.15) is 42.6 Å². The average molecular weight is 453 g/mol. The molecule has 0 aliphatic rings. The lowest BCUT2D eigenvalue weighted by atomic mass is 10.1. The van der Waals surface area contributed by atoms with E-state index in [1.807, 2.05) is 55.5 Å². The van der Waals surface area contributed by atoms with E-state index in [0.29, 0.717) is 28.8 Å². The Morgan fingerprint density at radius 3 is 2.34 bits per heavy atom. The van der Waals surface area contributed by atoms with E-state index in [9.17, 15) is 9.59 Å². The van der Waals surface area contributed by atoms with Gasteiger partial charge in [-0.2, -0.15) is 0 Å². The molecule has 3 aromatic rings. The van der Waals surface area contributed by atoms with Crippen molar-refractivity contribution in [2.75, 3.05) is 25.5 Å². The van der Waals surface area contributed by atoms with Crippen molar-refractivity contribution in [1.29, 1.82) is 0 Å². The second kappa shape index (κ2) is 11.4. The summed E-state index contributed by atoms with van der Waals surface area (Å²) in [6, 6.07) is 15.1. The van der Waals surface area contributed by atoms with Gasteiger partial charge < -0.3 is 15.0 Å². The van der Waals surface area contributed by atoms with Gasteiger partial charge in [-0.1, -0.05) is 37.3 Å². The second-order valence-electron chi connectivity index (χ2n) is 7.28. The summed E-state index contributed by atoms with van der Waals surface area (Å²) < 4.78 is 5.16. The summed E-state index contributed by atoms with van der Waals surface area (Å²) in [6.45, 7) is 5.04. The lowest BCUT2D eigenvalue weighted by Crippen LogP contribution is -2.34. The molecule has 0 saturated heterocycles. The summed E-state index contributed by atoms with van der Waals surface area (Å²) in [5.41, 5.74) is 2.73. The third-order valence-corrected chi connectivity index (χ3v) is 5.89. The molecule has 2 amide bonds. The number of aryl methyl sites for hydroxylation is 1. The van der Waals surface area contributed by atoms with Gasteiger partial charge in [0, 0.05) is 30.6 Å². The van der Waals surface area contributed by atoms with Crippen molar-refractivity contribution in [3.05, 3.63) is 59.7 Å². The summed E-state index contributed by atoms with van der Waals surface area (Å²) >= 11 is 1.30. The topological polar surface area (TPSA) is 84.4 Å². The third kappa shape index (κ3) is 6.13. The standard InChI is InChI=1S/C24H28N4O3S/c1-4-15-28(23(30)19-8-6-17(5-2)7-9-19)16-14-21(29)25-24-27-26-22(32-24)18-10-12-20(31-3)13-11-18/h6-13H,4-5,14-16H2,1-3H3,(H,25,27,29). The number of ether oxygens (including phenoxy) is 1. The molecule has 2 aromatic carbocycles. The van der Waals surface area contributed by atoms with Crippen molar-refractivity contribution in [3.8, 4) is 16.3 Å². The molecule has 0 aliphatic heterocycles. The van der Waals surface area contributed by atoms with Crippen LogP contribution in [0.3, 0.4) is 0 Å². The van der Waals surface area contributed by atoms with Gasteiger partial charge in [0.05, 0.1) is 7.11 Å². The summed E-state index contributed by atoms with van der Waals surface area (Å²) in [7, 11) is 1.62. The van der Waals surface area contributed by atoms with Crippen LogP contribution in [0.15, 0.2) is 48.5 Å². The van der Waals surface area contributed by atoms with Crippen molar-refractivity contribution < 1.29 is 14.3 Å². The first-order valence-electron chi connectivity index (χ1n) is 10.7. The monoisotopic (exact) mass is 452 g/mol. The number of hydrogen-bond donors (Lipinski definition) is 1. The van der Waals surface area contributed by atoms with Crippen LogP contribution in [0.2, 0.25) is 0 Å². The number of amides is 2. The van der Waals surface area contributed by atoms with Gasteiger partial charge >= 0.3 is 0 Å². The molecule has 1 aromatic heterocycles. The molecule has 1 heterocycles. The quantitative estimate of drug-likeness (QED) is 0.484. The second-order valence-corrected chi connectivity index (χ2v) is 8.26. The predicted octanol–water partition coefficient (Wildman–Crippen LogP) is 4.66. The maximum absolute atomic E-state index is 12.9. The maximum Gasteiger partial charge on any atom is 0.253 e. The largest absolute Gasteiger partial charge is 0.497 e. The molecule has 0 atom stereocenters. The molecule has 0 unspecified atom stereocenters. The normalized spacial score (nSPS) is 10.6. The molecule has 32 heavy (non-hydrogen) atoms. The van der Waals surface area contributed by atoms with Gasteiger partial charge in [0.2, 0.25) is 11.0 Å². The van der Waals surface area contributed by atoms with Crippen LogP contribution in [0, 0.1) is 0 Å². The van der Waals surface area contributed by atoms with E-state index >= 15 is 0 Å². The van der Waals surface area contributed by atoms with E-state index in [2.05, 4.69) is 22.4 Å². The van der Waals surface area contributed by atoms with E-state index in [1.54, 1.807) is 12.0 Å². The fourth-order valence-corrected chi connectivity index (χ4v) is 3.96. The van der Waals surface area contributed by atoms with Gasteiger partial charge in [-0.15, -0.1) is 10.2 Å². The van der Waals surface area contributed by atoms with Gasteiger partial charge in [-0.05, 0) is 54.8 Å². The zero-order valence-electron chi connectivity index (χ0n) is 18.6. The number of nitrogens with zero attached hydrogens (tertiary/aromatic N) is 3. The number of benzene rings is 2. The zero-order valence-corrected chi connectivity index (χ0v) is 19.4. The number of aromatic nitrogens is 2. The Balaban J connectivity index is 1.57. The minimum atomic E-state index is -0.197. The first-order valence-corrected chi connectivity index (χ1v) is 11.5. The Bertz CT molecular complexity index is 1030. The van der Waals surface area contributed by atoms with Crippen molar-refractivity contribution in [1.82, 2.24) is 15.1 Å². The highest BCUT2D eigenvalue weighted by Crippen LogP contribution is 2.27. The molecular formula is C24H28N4O3S. The van der Waals surface area contributed by atoms with Gasteiger partial charge in [-0.3, -0.25) is 9.59 Å². The molecule has 7 nitrogen and oxygen atoms in total. The van der Waals surface area contributed by atoms with E-state index in [0.717, 1.165) is 24.2 Å². The number of carbonyl (C=O) groups is 2. The van der Waals surface area contributed by atoms with E-state index in [4.69, 9.17) is 4.74 Å². The van der Waals surface area contributed by atoms with E-state index < -0.39 is 0 Å². The SMILES string of the molecule is CCCN(CCC(=O)Nc1nnc(-c2ccc(OC)cc2)s1)C(=O)c1ccc(CC)cc1. The molecule has 0 fully saturated rings. The predicted molar refractivity (Wildman–Crippen MR) is 127 cm³/mol. The number of hydrogen-bond acceptors (Lipinski definition) is 6. The maximum atomic E-state index is 12.9. The molecule has 168 valence electrons. The first kappa shape index (κ1) is 23.4. The summed E-state index contributed by atoms with van der Waals surface area (Å²) in [4.78, 5) is 27.1. The fraction of sp³-hybridized carbons (Fsp3) is 0.333. The minimum Gasteiger partial charge on any atom is -0.497 e. The lowest BCUT2D eigenvalue weighted by Gasteiger charge is -2.22. The van der Waals surface area contributed by atoms with Crippen LogP contribution in [0.5, 0.6) is 5.75 Å². The van der Waals surface area contributed by atoms with Crippen LogP contribution in [-0.2, 0) is 11.2 Å². The molecular weight excluding hydrogens is 424 g/mol. The van der Waals surface area contributed by atoms with Gasteiger partial charge in [0.25, 0.3) is 5.91 Å². The van der Waals surface area contributed by atoms with Crippen molar-refractivity contribution >= 4 is 28.3 Å². The van der Waals surface area contributed by atoms with Crippen LogP contribution in [0.25, 0.3) is 10.6 Å². The Morgan fingerprint density at radius 1 is 1.00 bits per heavy atom. The first-order chi connectivity index (χ1) is 15.5. The smallest absolute Gasteiger partial charge is 0.253 e. The Kier molecular flexibility index (Phi) is 8.33. The summed E-state index contributed by atoms with van der Waals surface area (Å²) in [6.07, 6.45) is 1.94. The fourth-order valence-electron chi connectivity index (χ4n) is 3.19. The summed E-state index contributed by atoms with van der Waals surface area (Å²) in [5.74, 6) is 0.511. The molecule has 0 spiro atoms. The molecule has 0 radical (unpaired) electrons. The van der Waals surface area contributed by atoms with Crippen molar-refractivity contribution in [3.63, 3.8) is 0 Å². The highest BCUT2D eigenvalue weighted by atomic mass is 32.1. The number of nitrogens with one attached hydrogen (secondary N) is 1. The Morgan fingerprint density at radius 2 is 1.72 bits per heavy atom. The highest BCUT2D eigenvalue weighted by Gasteiger charge is 2.17. The van der Waals surface area contributed by atoms with Crippen molar-refractivity contribution in [2.45, 2.75) is 33.1 Å². The zero-order chi connectivity index (χ0) is 22.9. The molecule has 8 heteroatoms. The Labute approximate surface area is 192 Å². The van der Waals surface area contributed by atoms with Crippen molar-refractivity contribution in [2.24, 2.45) is 0 Å². The highest BCUT2D eigenvalue weighted by molar-refractivity contribution is 7.18. The van der Waals surface area contributed by atoms with Crippen LogP contribution in [0.4, 0.5) is 5.13 Å². The third-order valence-electron chi connectivity index (χ3n) is 5.01. The minimum absolute atomic E-state index is 0.0555. The average Bonchev–Trinajstić information content (AvgIpc) is 3.29. The van der Waals surface area contributed by atoms with Crippen LogP contribution >= 0.6 is 11.3 Å². The molecule has 0 aliphatic carbocycles. The van der Waals surface area contributed by atoms with E-state index in [1.165, 1.54) is 16.9 Å². The van der Waals surface area contributed by atoms with Gasteiger partial charge in [-0.25, -0.2) is 0 Å². The summed E-state index contributed by atoms with van der Waals surface area (Å²) in [5, 5.41) is 12.1. The lowest BCUT2D eigenvalue weighted by molar-refractivity contribution is -0.116. The Hall–Kier alpha value is -3.26. The molecule has 3 rings (SSSR count). The van der Waals surface area contributed by atoms with E-state index in [-0.39, 0.29) is 18.2 Å². The van der Waals surface area contributed by atoms with Crippen LogP contribution < -0.4 is 10.1 Å². The number of anilines is 1. The number of carbonyl (C=O) groups excluding carboxylic acids is 2. The van der Waals surface area contributed by atoms with Crippen LogP contribution in [-0.4, -0.2) is 47.1 Å². The van der Waals surface area contributed by atoms with Gasteiger partial charge in [0.15, 0.2) is 0 Å². The molecule has 0 saturated carbocycles. The number of methoxy groups -OCH3 is 1. The number of rotatable bonds is 10. The molecule has 1 N–H and O–H groups in total. The molecule has 0 bridgehead atoms. The van der Waals surface area contributed by atoms with Gasteiger partial charge in [0.1, 0.15) is 10.8 Å².